The van der Waals surface area contributed by atoms with Gasteiger partial charge >= 0.3 is 0 Å². The molecule has 4 rings (SSSR count). The molecule has 31 heavy (non-hydrogen) atoms. The Kier molecular flexibility index (Phi) is 5.93. The van der Waals surface area contributed by atoms with Crippen LogP contribution in [0.25, 0.3) is 22.3 Å². The summed E-state index contributed by atoms with van der Waals surface area (Å²) < 4.78 is 19.7. The van der Waals surface area contributed by atoms with Gasteiger partial charge in [0.05, 0.1) is 28.5 Å². The van der Waals surface area contributed by atoms with Crippen LogP contribution < -0.4 is 14.8 Å². The largest absolute Gasteiger partial charge is 0.503 e. The van der Waals surface area contributed by atoms with E-state index in [9.17, 15) is 14.3 Å². The fraction of sp³-hybridized carbons (Fsp3) is 0.227. The van der Waals surface area contributed by atoms with E-state index in [4.69, 9.17) is 16.3 Å². The quantitative estimate of drug-likeness (QED) is 0.440. The van der Waals surface area contributed by atoms with Crippen LogP contribution in [0.5, 0.6) is 11.5 Å². The van der Waals surface area contributed by atoms with Gasteiger partial charge in [0.2, 0.25) is 0 Å². The third kappa shape index (κ3) is 4.40. The van der Waals surface area contributed by atoms with Crippen LogP contribution in [-0.2, 0) is 0 Å². The van der Waals surface area contributed by atoms with Gasteiger partial charge in [0.25, 0.3) is 5.56 Å². The van der Waals surface area contributed by atoms with Crippen LogP contribution in [0, 0.1) is 13.8 Å². The number of thiazole rings is 1. The lowest BCUT2D eigenvalue weighted by atomic mass is 10.1. The van der Waals surface area contributed by atoms with Crippen LogP contribution >= 0.6 is 22.9 Å². The van der Waals surface area contributed by atoms with Crippen LogP contribution in [-0.4, -0.2) is 32.8 Å². The predicted molar refractivity (Wildman–Crippen MR) is 120 cm³/mol. The van der Waals surface area contributed by atoms with E-state index in [0.29, 0.717) is 20.8 Å². The summed E-state index contributed by atoms with van der Waals surface area (Å²) in [5.74, 6) is -0.0692. The molecular formula is C22H19ClFN3O3S. The van der Waals surface area contributed by atoms with Crippen LogP contribution in [0.1, 0.15) is 23.4 Å². The monoisotopic (exact) mass is 459 g/mol. The fourth-order valence-corrected chi connectivity index (χ4v) is 4.40. The van der Waals surface area contributed by atoms with Gasteiger partial charge in [-0.15, -0.1) is 0 Å². The fourth-order valence-electron chi connectivity index (χ4n) is 3.23. The summed E-state index contributed by atoms with van der Waals surface area (Å²) in [5, 5.41) is 10.1. The molecule has 4 aromatic rings. The minimum Gasteiger partial charge on any atom is -0.503 e. The number of phenols is 1. The number of ether oxygens (including phenoxy) is 1. The molecule has 0 atom stereocenters. The number of hydrogen-bond acceptors (Lipinski definition) is 6. The number of phenolic OH excluding ortho intramolecular Hbond substituents is 1. The highest BCUT2D eigenvalue weighted by Gasteiger charge is 2.13. The molecule has 0 bridgehead atoms. The summed E-state index contributed by atoms with van der Waals surface area (Å²) >= 11 is 7.34. The van der Waals surface area contributed by atoms with Gasteiger partial charge in [0, 0.05) is 29.6 Å². The van der Waals surface area contributed by atoms with Gasteiger partial charge < -0.3 is 9.84 Å². The van der Waals surface area contributed by atoms with Crippen molar-refractivity contribution in [2.75, 3.05) is 13.3 Å². The second kappa shape index (κ2) is 8.64. The first kappa shape index (κ1) is 21.3. The molecule has 0 radical (unpaired) electrons. The van der Waals surface area contributed by atoms with E-state index in [2.05, 4.69) is 9.97 Å². The lowest BCUT2D eigenvalue weighted by Gasteiger charge is -2.09. The number of nitrogens with zero attached hydrogens (tertiary/aromatic N) is 3. The van der Waals surface area contributed by atoms with Gasteiger partial charge in [-0.3, -0.25) is 18.6 Å². The van der Waals surface area contributed by atoms with Gasteiger partial charge in [-0.05, 0) is 49.8 Å². The topological polar surface area (TPSA) is 76.7 Å². The Morgan fingerprint density at radius 2 is 1.97 bits per heavy atom. The van der Waals surface area contributed by atoms with Crippen LogP contribution in [0.3, 0.4) is 0 Å². The Morgan fingerprint density at radius 1 is 1.23 bits per heavy atom. The summed E-state index contributed by atoms with van der Waals surface area (Å²) in [4.78, 5) is 22.4. The first-order valence-corrected chi connectivity index (χ1v) is 10.8. The minimum atomic E-state index is -0.518. The molecular weight excluding hydrogens is 441 g/mol. The van der Waals surface area contributed by atoms with E-state index >= 15 is 0 Å². The van der Waals surface area contributed by atoms with Crippen molar-refractivity contribution in [1.29, 1.82) is 0 Å². The minimum absolute atomic E-state index is 0.0866. The second-order valence-electron chi connectivity index (χ2n) is 7.07. The summed E-state index contributed by atoms with van der Waals surface area (Å²) in [6.07, 6.45) is 3.58. The molecule has 0 aliphatic rings. The van der Waals surface area contributed by atoms with Crippen LogP contribution in [0.4, 0.5) is 4.39 Å². The highest BCUT2D eigenvalue weighted by molar-refractivity contribution is 7.15. The van der Waals surface area contributed by atoms with Gasteiger partial charge in [-0.1, -0.05) is 22.9 Å². The molecule has 0 aliphatic heterocycles. The van der Waals surface area contributed by atoms with E-state index in [1.165, 1.54) is 21.8 Å². The zero-order valence-electron chi connectivity index (χ0n) is 16.9. The maximum Gasteiger partial charge on any atom is 0.274 e. The first-order valence-electron chi connectivity index (χ1n) is 9.56. The normalized spacial score (nSPS) is 12.1. The van der Waals surface area contributed by atoms with Crippen LogP contribution in [0.15, 0.2) is 35.3 Å². The number of aromatic nitrogens is 3. The lowest BCUT2D eigenvalue weighted by Crippen LogP contribution is -2.22. The van der Waals surface area contributed by atoms with Crippen LogP contribution in [0.2, 0.25) is 5.02 Å². The number of halogens is 2. The number of benzene rings is 1. The molecule has 9 heteroatoms. The van der Waals surface area contributed by atoms with E-state index < -0.39 is 6.67 Å². The van der Waals surface area contributed by atoms with E-state index in [-0.39, 0.29) is 35.1 Å². The molecule has 0 aliphatic carbocycles. The van der Waals surface area contributed by atoms with Crippen molar-refractivity contribution in [1.82, 2.24) is 14.4 Å². The Bertz CT molecular complexity index is 1360. The average Bonchev–Trinajstić information content (AvgIpc) is 3.25. The highest BCUT2D eigenvalue weighted by Crippen LogP contribution is 2.35. The number of fused-ring (bicyclic) bond motifs is 1. The van der Waals surface area contributed by atoms with Crippen molar-refractivity contribution in [3.05, 3.63) is 67.3 Å². The molecule has 0 unspecified atom stereocenters. The molecule has 0 saturated heterocycles. The molecule has 0 spiro atoms. The summed E-state index contributed by atoms with van der Waals surface area (Å²) in [5.41, 5.74) is 3.77. The Balaban J connectivity index is 1.73. The molecule has 3 heterocycles. The van der Waals surface area contributed by atoms with Gasteiger partial charge in [0.1, 0.15) is 0 Å². The van der Waals surface area contributed by atoms with Crippen molar-refractivity contribution in [3.63, 3.8) is 0 Å². The first-order chi connectivity index (χ1) is 14.9. The standard InChI is InChI=1S/C22H19ClFN3O3S/c1-12-6-15(7-13(2)25-12)17-11-27-21(29)19(31-22(27)26-17)10-14-8-16(23)20(28)18(9-14)30-5-3-4-24/h6-11,28H,3-5H2,1-2H3/b19-10-. The maximum atomic E-state index is 12.9. The third-order valence-electron chi connectivity index (χ3n) is 4.57. The molecule has 6 nitrogen and oxygen atoms in total. The Morgan fingerprint density at radius 3 is 2.65 bits per heavy atom. The molecule has 3 aromatic heterocycles. The summed E-state index contributed by atoms with van der Waals surface area (Å²) in [7, 11) is 0. The van der Waals surface area contributed by atoms with Crippen molar-refractivity contribution >= 4 is 34.0 Å². The molecule has 0 amide bonds. The molecule has 160 valence electrons. The number of rotatable bonds is 6. The third-order valence-corrected chi connectivity index (χ3v) is 5.84. The highest BCUT2D eigenvalue weighted by atomic mass is 35.5. The van der Waals surface area contributed by atoms with Crippen molar-refractivity contribution < 1.29 is 14.2 Å². The van der Waals surface area contributed by atoms with E-state index in [1.54, 1.807) is 18.3 Å². The number of pyridine rings is 1. The predicted octanol–water partition coefficient (Wildman–Crippen LogP) is 4.08. The van der Waals surface area contributed by atoms with Crippen molar-refractivity contribution in [3.8, 4) is 22.8 Å². The zero-order valence-corrected chi connectivity index (χ0v) is 18.4. The Labute approximate surface area is 186 Å². The number of aryl methyl sites for hydroxylation is 2. The Hall–Kier alpha value is -2.97. The lowest BCUT2D eigenvalue weighted by molar-refractivity contribution is 0.277. The molecule has 1 N–H and O–H groups in total. The SMILES string of the molecule is Cc1cc(-c2cn3c(=O)/c(=C/c4cc(Cl)c(O)c(OCCCF)c4)sc3n2)cc(C)n1. The number of alkyl halides is 1. The second-order valence-corrected chi connectivity index (χ2v) is 8.49. The molecule has 0 saturated carbocycles. The zero-order chi connectivity index (χ0) is 22.1. The van der Waals surface area contributed by atoms with E-state index in [0.717, 1.165) is 17.0 Å². The molecule has 1 aromatic carbocycles. The number of hydrogen-bond donors (Lipinski definition) is 1. The van der Waals surface area contributed by atoms with E-state index in [1.807, 2.05) is 26.0 Å². The molecule has 0 fully saturated rings. The summed E-state index contributed by atoms with van der Waals surface area (Å²) in [6.45, 7) is 3.42. The van der Waals surface area contributed by atoms with Gasteiger partial charge in [-0.25, -0.2) is 4.98 Å². The number of aromatic hydroxyl groups is 1. The average molecular weight is 460 g/mol. The van der Waals surface area contributed by atoms with Crippen molar-refractivity contribution in [2.45, 2.75) is 20.3 Å². The summed E-state index contributed by atoms with van der Waals surface area (Å²) in [6, 6.07) is 6.96. The van der Waals surface area contributed by atoms with Crippen molar-refractivity contribution in [2.24, 2.45) is 0 Å². The maximum absolute atomic E-state index is 12.9. The van der Waals surface area contributed by atoms with Gasteiger partial charge in [0.15, 0.2) is 16.5 Å². The number of imidazole rings is 1. The van der Waals surface area contributed by atoms with Gasteiger partial charge in [-0.2, -0.15) is 0 Å². The smallest absolute Gasteiger partial charge is 0.274 e.